The molecule has 1 aliphatic carbocycles. The fourth-order valence-corrected chi connectivity index (χ4v) is 4.88. The number of rotatable bonds is 5. The predicted octanol–water partition coefficient (Wildman–Crippen LogP) is 4.83. The Bertz CT molecular complexity index is 444. The van der Waals surface area contributed by atoms with E-state index in [4.69, 9.17) is 0 Å². The second-order valence-corrected chi connectivity index (χ2v) is 8.84. The molecule has 104 valence electrons. The lowest BCUT2D eigenvalue weighted by atomic mass is 9.89. The van der Waals surface area contributed by atoms with Crippen LogP contribution in [0, 0.1) is 5.92 Å². The molecule has 0 aliphatic heterocycles. The van der Waals surface area contributed by atoms with Crippen molar-refractivity contribution in [3.8, 4) is 0 Å². The molecule has 0 saturated heterocycles. The summed E-state index contributed by atoms with van der Waals surface area (Å²) in [5.41, 5.74) is 0. The van der Waals surface area contributed by atoms with Crippen LogP contribution in [-0.4, -0.2) is 12.3 Å². The standard InChI is InChI=1S/C17H25OP/c1-2-19(18,17-13-7-4-8-14-17)15-9-12-16-10-5-3-6-11-16/h4,7-9,12-14,16H,2-3,5-6,10-11,15H2,1H3/b12-9+/t19-/m1/s1. The molecule has 0 unspecified atom stereocenters. The second-order valence-electron chi connectivity index (χ2n) is 5.55. The van der Waals surface area contributed by atoms with E-state index in [2.05, 4.69) is 12.2 Å². The van der Waals surface area contributed by atoms with E-state index in [1.54, 1.807) is 0 Å². The smallest absolute Gasteiger partial charge is 0.118 e. The quantitative estimate of drug-likeness (QED) is 0.556. The normalized spacial score (nSPS) is 20.5. The van der Waals surface area contributed by atoms with Crippen molar-refractivity contribution in [3.63, 3.8) is 0 Å². The summed E-state index contributed by atoms with van der Waals surface area (Å²) in [5, 5.41) is 1.03. The van der Waals surface area contributed by atoms with Gasteiger partial charge in [0.2, 0.25) is 0 Å². The number of benzene rings is 1. The monoisotopic (exact) mass is 276 g/mol. The van der Waals surface area contributed by atoms with Gasteiger partial charge in [-0.3, -0.25) is 0 Å². The van der Waals surface area contributed by atoms with Crippen LogP contribution in [0.1, 0.15) is 39.0 Å². The summed E-state index contributed by atoms with van der Waals surface area (Å²) < 4.78 is 13.0. The van der Waals surface area contributed by atoms with Crippen LogP contribution in [0.3, 0.4) is 0 Å². The number of hydrogen-bond acceptors (Lipinski definition) is 1. The van der Waals surface area contributed by atoms with Crippen molar-refractivity contribution in [3.05, 3.63) is 42.5 Å². The topological polar surface area (TPSA) is 17.1 Å². The van der Waals surface area contributed by atoms with E-state index in [0.29, 0.717) is 0 Å². The summed E-state index contributed by atoms with van der Waals surface area (Å²) in [7, 11) is -2.21. The zero-order chi connectivity index (χ0) is 13.6. The summed E-state index contributed by atoms with van der Waals surface area (Å²) in [6, 6.07) is 9.99. The highest BCUT2D eigenvalue weighted by atomic mass is 31.2. The Hall–Kier alpha value is -0.810. The highest BCUT2D eigenvalue weighted by Gasteiger charge is 2.20. The van der Waals surface area contributed by atoms with Gasteiger partial charge in [-0.05, 0) is 18.8 Å². The van der Waals surface area contributed by atoms with Crippen LogP contribution in [0.25, 0.3) is 0 Å². The first kappa shape index (κ1) is 14.6. The Morgan fingerprint density at radius 1 is 1.16 bits per heavy atom. The van der Waals surface area contributed by atoms with Gasteiger partial charge in [-0.15, -0.1) is 0 Å². The average molecular weight is 276 g/mol. The molecule has 2 rings (SSSR count). The Morgan fingerprint density at radius 2 is 1.84 bits per heavy atom. The van der Waals surface area contributed by atoms with E-state index in [0.717, 1.165) is 23.5 Å². The van der Waals surface area contributed by atoms with Crippen LogP contribution in [0.2, 0.25) is 0 Å². The van der Waals surface area contributed by atoms with E-state index in [1.165, 1.54) is 32.1 Å². The van der Waals surface area contributed by atoms with Crippen LogP contribution < -0.4 is 5.30 Å². The lowest BCUT2D eigenvalue weighted by Crippen LogP contribution is -2.09. The molecule has 1 nitrogen and oxygen atoms in total. The van der Waals surface area contributed by atoms with Gasteiger partial charge in [-0.25, -0.2) is 0 Å². The van der Waals surface area contributed by atoms with Crippen LogP contribution in [0.5, 0.6) is 0 Å². The maximum atomic E-state index is 13.0. The molecule has 0 aromatic heterocycles. The summed E-state index contributed by atoms with van der Waals surface area (Å²) in [6.45, 7) is 2.04. The molecular formula is C17H25OP. The Labute approximate surface area is 117 Å². The zero-order valence-corrected chi connectivity index (χ0v) is 12.8. The van der Waals surface area contributed by atoms with Crippen molar-refractivity contribution in [1.82, 2.24) is 0 Å². The van der Waals surface area contributed by atoms with Gasteiger partial charge in [0.25, 0.3) is 0 Å². The predicted molar refractivity (Wildman–Crippen MR) is 84.8 cm³/mol. The van der Waals surface area contributed by atoms with Gasteiger partial charge < -0.3 is 4.57 Å². The van der Waals surface area contributed by atoms with E-state index in [1.807, 2.05) is 37.3 Å². The first-order valence-electron chi connectivity index (χ1n) is 7.55. The van der Waals surface area contributed by atoms with Crippen molar-refractivity contribution in [2.75, 3.05) is 12.3 Å². The largest absolute Gasteiger partial charge is 0.318 e. The Morgan fingerprint density at radius 3 is 2.47 bits per heavy atom. The van der Waals surface area contributed by atoms with Crippen LogP contribution in [0.15, 0.2) is 42.5 Å². The highest BCUT2D eigenvalue weighted by molar-refractivity contribution is 7.71. The van der Waals surface area contributed by atoms with Crippen LogP contribution in [-0.2, 0) is 4.57 Å². The van der Waals surface area contributed by atoms with Crippen molar-refractivity contribution >= 4 is 12.4 Å². The van der Waals surface area contributed by atoms with Gasteiger partial charge in [0, 0.05) is 17.6 Å². The van der Waals surface area contributed by atoms with Gasteiger partial charge >= 0.3 is 0 Å². The molecular weight excluding hydrogens is 251 g/mol. The van der Waals surface area contributed by atoms with Gasteiger partial charge in [0.05, 0.1) is 0 Å². The molecule has 0 bridgehead atoms. The molecule has 0 N–H and O–H groups in total. The minimum Gasteiger partial charge on any atom is -0.318 e. The molecule has 2 heteroatoms. The van der Waals surface area contributed by atoms with E-state index >= 15 is 0 Å². The van der Waals surface area contributed by atoms with Crippen molar-refractivity contribution in [2.24, 2.45) is 5.92 Å². The average Bonchev–Trinajstić information content (AvgIpc) is 2.49. The fourth-order valence-electron chi connectivity index (χ4n) is 2.87. The molecule has 0 spiro atoms. The van der Waals surface area contributed by atoms with Crippen LogP contribution >= 0.6 is 7.14 Å². The number of hydrogen-bond donors (Lipinski definition) is 0. The van der Waals surface area contributed by atoms with Crippen molar-refractivity contribution in [1.29, 1.82) is 0 Å². The van der Waals surface area contributed by atoms with Gasteiger partial charge in [-0.1, -0.05) is 68.7 Å². The minimum absolute atomic E-state index is 0.726. The van der Waals surface area contributed by atoms with E-state index < -0.39 is 7.14 Å². The lowest BCUT2D eigenvalue weighted by molar-refractivity contribution is 0.419. The summed E-state index contributed by atoms with van der Waals surface area (Å²) in [4.78, 5) is 0. The Kier molecular flexibility index (Phi) is 5.45. The molecule has 19 heavy (non-hydrogen) atoms. The second kappa shape index (κ2) is 7.10. The third-order valence-electron chi connectivity index (χ3n) is 4.20. The van der Waals surface area contributed by atoms with Crippen LogP contribution in [0.4, 0.5) is 0 Å². The fraction of sp³-hybridized carbons (Fsp3) is 0.529. The zero-order valence-electron chi connectivity index (χ0n) is 11.9. The molecule has 0 radical (unpaired) electrons. The summed E-state index contributed by atoms with van der Waals surface area (Å²) in [5.74, 6) is 0.731. The molecule has 0 amide bonds. The lowest BCUT2D eigenvalue weighted by Gasteiger charge is -2.19. The number of allylic oxidation sites excluding steroid dienone is 2. The molecule has 1 saturated carbocycles. The first-order chi connectivity index (χ1) is 9.24. The van der Waals surface area contributed by atoms with E-state index in [-0.39, 0.29) is 0 Å². The van der Waals surface area contributed by atoms with Gasteiger partial charge in [0.15, 0.2) is 0 Å². The van der Waals surface area contributed by atoms with E-state index in [9.17, 15) is 4.57 Å². The molecule has 1 atom stereocenters. The highest BCUT2D eigenvalue weighted by Crippen LogP contribution is 2.44. The first-order valence-corrected chi connectivity index (χ1v) is 9.63. The Balaban J connectivity index is 1.99. The van der Waals surface area contributed by atoms with Crippen molar-refractivity contribution in [2.45, 2.75) is 39.0 Å². The third kappa shape index (κ3) is 4.08. The SMILES string of the molecule is CC[P@@](=O)(C/C=C/C1CCCCC1)c1ccccc1. The maximum Gasteiger partial charge on any atom is 0.118 e. The van der Waals surface area contributed by atoms with Gasteiger partial charge in [-0.2, -0.15) is 0 Å². The maximum absolute atomic E-state index is 13.0. The molecule has 1 aromatic rings. The molecule has 1 aromatic carbocycles. The van der Waals surface area contributed by atoms with Crippen molar-refractivity contribution < 1.29 is 4.57 Å². The summed E-state index contributed by atoms with van der Waals surface area (Å²) in [6.07, 6.45) is 12.7. The molecule has 1 aliphatic rings. The van der Waals surface area contributed by atoms with Gasteiger partial charge in [0.1, 0.15) is 7.14 Å². The molecule has 1 fully saturated rings. The molecule has 0 heterocycles. The summed E-state index contributed by atoms with van der Waals surface area (Å²) >= 11 is 0. The third-order valence-corrected chi connectivity index (χ3v) is 7.26. The minimum atomic E-state index is -2.21.